The lowest BCUT2D eigenvalue weighted by atomic mass is 10.3. The second-order valence-corrected chi connectivity index (χ2v) is 5.26. The van der Waals surface area contributed by atoms with Crippen LogP contribution in [0, 0.1) is 0 Å². The smallest absolute Gasteiger partial charge is 0.242 e. The molecule has 0 fully saturated rings. The van der Waals surface area contributed by atoms with Crippen molar-refractivity contribution in [2.24, 2.45) is 0 Å². The Morgan fingerprint density at radius 3 is 2.95 bits per heavy atom. The van der Waals surface area contributed by atoms with Gasteiger partial charge in [-0.1, -0.05) is 18.2 Å². The highest BCUT2D eigenvalue weighted by atomic mass is 16.2. The van der Waals surface area contributed by atoms with E-state index in [2.05, 4.69) is 20.1 Å². The van der Waals surface area contributed by atoms with Crippen molar-refractivity contribution in [2.45, 2.75) is 25.9 Å². The van der Waals surface area contributed by atoms with Gasteiger partial charge >= 0.3 is 0 Å². The average Bonchev–Trinajstić information content (AvgIpc) is 3.11. The summed E-state index contributed by atoms with van der Waals surface area (Å²) in [6, 6.07) is 9.72. The molecule has 2 heterocycles. The van der Waals surface area contributed by atoms with Gasteiger partial charge in [-0.25, -0.2) is 0 Å². The van der Waals surface area contributed by atoms with Crippen LogP contribution < -0.4 is 5.32 Å². The Labute approximate surface area is 123 Å². The topological polar surface area (TPSA) is 63.1 Å². The molecule has 1 aliphatic rings. The van der Waals surface area contributed by atoms with E-state index in [0.29, 0.717) is 6.54 Å². The predicted molar refractivity (Wildman–Crippen MR) is 79.7 cm³/mol. The minimum Gasteiger partial charge on any atom is -0.376 e. The minimum atomic E-state index is 0.0363. The summed E-state index contributed by atoms with van der Waals surface area (Å²) in [6.07, 6.45) is 2.10. The van der Waals surface area contributed by atoms with E-state index in [1.54, 1.807) is 11.9 Å². The normalized spacial score (nSPS) is 13.0. The molecule has 0 radical (unpaired) electrons. The molecule has 1 aliphatic heterocycles. The summed E-state index contributed by atoms with van der Waals surface area (Å²) < 4.78 is 2.12. The van der Waals surface area contributed by atoms with Crippen molar-refractivity contribution in [2.75, 3.05) is 18.9 Å². The van der Waals surface area contributed by atoms with Crippen molar-refractivity contribution in [3.05, 3.63) is 42.0 Å². The number of carbonyl (C=O) groups excluding carboxylic acids is 1. The molecule has 0 atom stereocenters. The van der Waals surface area contributed by atoms with Gasteiger partial charge in [0, 0.05) is 25.7 Å². The van der Waals surface area contributed by atoms with Gasteiger partial charge in [0.2, 0.25) is 5.91 Å². The number of para-hydroxylation sites is 1. The molecule has 110 valence electrons. The number of anilines is 1. The highest BCUT2D eigenvalue weighted by Crippen LogP contribution is 2.15. The van der Waals surface area contributed by atoms with Gasteiger partial charge in [-0.2, -0.15) is 0 Å². The molecule has 0 saturated heterocycles. The monoisotopic (exact) mass is 285 g/mol. The molecule has 6 nitrogen and oxygen atoms in total. The second kappa shape index (κ2) is 5.95. The molecule has 21 heavy (non-hydrogen) atoms. The molecule has 0 spiro atoms. The number of fused-ring (bicyclic) bond motifs is 1. The van der Waals surface area contributed by atoms with Gasteiger partial charge in [0.25, 0.3) is 0 Å². The average molecular weight is 285 g/mol. The Kier molecular flexibility index (Phi) is 3.85. The van der Waals surface area contributed by atoms with Crippen LogP contribution in [0.25, 0.3) is 0 Å². The Bertz CT molecular complexity index is 622. The Hall–Kier alpha value is -2.37. The number of nitrogens with one attached hydrogen (secondary N) is 1. The fraction of sp³-hybridized carbons (Fsp3) is 0.400. The molecule has 1 aromatic carbocycles. The summed E-state index contributed by atoms with van der Waals surface area (Å²) in [6.45, 7) is 1.74. The number of aryl methyl sites for hydroxylation is 1. The van der Waals surface area contributed by atoms with E-state index in [1.807, 2.05) is 30.3 Å². The molecule has 0 aliphatic carbocycles. The lowest BCUT2D eigenvalue weighted by Gasteiger charge is -2.17. The first kappa shape index (κ1) is 13.6. The summed E-state index contributed by atoms with van der Waals surface area (Å²) in [4.78, 5) is 13.8. The van der Waals surface area contributed by atoms with Gasteiger partial charge in [0.15, 0.2) is 5.82 Å². The maximum absolute atomic E-state index is 12.1. The van der Waals surface area contributed by atoms with Crippen LogP contribution in [0.1, 0.15) is 18.1 Å². The molecule has 0 saturated carbocycles. The number of aromatic nitrogens is 3. The fourth-order valence-corrected chi connectivity index (χ4v) is 2.50. The zero-order valence-electron chi connectivity index (χ0n) is 12.1. The standard InChI is InChI=1S/C15H19N5O/c1-19(11-14-18-17-13-8-5-9-20(13)14)15(21)10-16-12-6-3-2-4-7-12/h2-4,6-7,16H,5,8-11H2,1H3. The molecule has 0 bridgehead atoms. The molecular weight excluding hydrogens is 266 g/mol. The SMILES string of the molecule is CN(Cc1nnc2n1CCC2)C(=O)CNc1ccccc1. The van der Waals surface area contributed by atoms with Crippen LogP contribution in [-0.2, 0) is 24.3 Å². The third-order valence-corrected chi connectivity index (χ3v) is 3.71. The molecule has 1 N–H and O–H groups in total. The van der Waals surface area contributed by atoms with Crippen LogP contribution >= 0.6 is 0 Å². The number of likely N-dealkylation sites (N-methyl/N-ethyl adjacent to an activating group) is 1. The lowest BCUT2D eigenvalue weighted by molar-refractivity contribution is -0.128. The van der Waals surface area contributed by atoms with E-state index in [-0.39, 0.29) is 12.5 Å². The summed E-state index contributed by atoms with van der Waals surface area (Å²) in [5, 5.41) is 11.5. The molecule has 1 aromatic heterocycles. The van der Waals surface area contributed by atoms with E-state index in [0.717, 1.165) is 36.7 Å². The number of amides is 1. The highest BCUT2D eigenvalue weighted by molar-refractivity contribution is 5.80. The number of hydrogen-bond donors (Lipinski definition) is 1. The van der Waals surface area contributed by atoms with Gasteiger partial charge in [0.1, 0.15) is 5.82 Å². The fourth-order valence-electron chi connectivity index (χ4n) is 2.50. The number of carbonyl (C=O) groups is 1. The predicted octanol–water partition coefficient (Wildman–Crippen LogP) is 1.29. The summed E-state index contributed by atoms with van der Waals surface area (Å²) in [7, 11) is 1.80. The van der Waals surface area contributed by atoms with Crippen LogP contribution in [0.2, 0.25) is 0 Å². The van der Waals surface area contributed by atoms with Crippen molar-refractivity contribution >= 4 is 11.6 Å². The zero-order chi connectivity index (χ0) is 14.7. The van der Waals surface area contributed by atoms with Gasteiger partial charge in [-0.05, 0) is 18.6 Å². The largest absolute Gasteiger partial charge is 0.376 e. The Morgan fingerprint density at radius 1 is 1.33 bits per heavy atom. The maximum atomic E-state index is 12.1. The maximum Gasteiger partial charge on any atom is 0.242 e. The summed E-state index contributed by atoms with van der Waals surface area (Å²) >= 11 is 0. The third-order valence-electron chi connectivity index (χ3n) is 3.71. The first-order valence-electron chi connectivity index (χ1n) is 7.18. The first-order chi connectivity index (χ1) is 10.2. The van der Waals surface area contributed by atoms with E-state index >= 15 is 0 Å². The minimum absolute atomic E-state index is 0.0363. The molecule has 6 heteroatoms. The van der Waals surface area contributed by atoms with Crippen molar-refractivity contribution in [1.29, 1.82) is 0 Å². The Morgan fingerprint density at radius 2 is 2.14 bits per heavy atom. The molecule has 2 aromatic rings. The quantitative estimate of drug-likeness (QED) is 0.899. The van der Waals surface area contributed by atoms with Crippen molar-refractivity contribution in [3.8, 4) is 0 Å². The van der Waals surface area contributed by atoms with E-state index < -0.39 is 0 Å². The second-order valence-electron chi connectivity index (χ2n) is 5.26. The van der Waals surface area contributed by atoms with Gasteiger partial charge in [-0.15, -0.1) is 10.2 Å². The summed E-state index contributed by atoms with van der Waals surface area (Å²) in [5.74, 6) is 1.94. The molecule has 1 amide bonds. The third kappa shape index (κ3) is 3.04. The van der Waals surface area contributed by atoms with Crippen LogP contribution in [-0.4, -0.2) is 39.2 Å². The van der Waals surface area contributed by atoms with Crippen LogP contribution in [0.3, 0.4) is 0 Å². The van der Waals surface area contributed by atoms with Crippen molar-refractivity contribution in [3.63, 3.8) is 0 Å². The number of rotatable bonds is 5. The molecule has 3 rings (SSSR count). The van der Waals surface area contributed by atoms with Gasteiger partial charge in [0.05, 0.1) is 13.1 Å². The zero-order valence-corrected chi connectivity index (χ0v) is 12.1. The van der Waals surface area contributed by atoms with E-state index in [9.17, 15) is 4.79 Å². The van der Waals surface area contributed by atoms with Gasteiger partial charge in [-0.3, -0.25) is 4.79 Å². The first-order valence-corrected chi connectivity index (χ1v) is 7.18. The molecule has 0 unspecified atom stereocenters. The Balaban J connectivity index is 1.55. The van der Waals surface area contributed by atoms with Crippen LogP contribution in [0.15, 0.2) is 30.3 Å². The highest BCUT2D eigenvalue weighted by Gasteiger charge is 2.19. The van der Waals surface area contributed by atoms with E-state index in [1.165, 1.54) is 0 Å². The van der Waals surface area contributed by atoms with Gasteiger partial charge < -0.3 is 14.8 Å². The van der Waals surface area contributed by atoms with Crippen LogP contribution in [0.4, 0.5) is 5.69 Å². The van der Waals surface area contributed by atoms with E-state index in [4.69, 9.17) is 0 Å². The lowest BCUT2D eigenvalue weighted by Crippen LogP contribution is -2.32. The number of benzene rings is 1. The van der Waals surface area contributed by atoms with Crippen LogP contribution in [0.5, 0.6) is 0 Å². The number of hydrogen-bond acceptors (Lipinski definition) is 4. The number of nitrogens with zero attached hydrogens (tertiary/aromatic N) is 4. The van der Waals surface area contributed by atoms with Crippen molar-refractivity contribution < 1.29 is 4.79 Å². The summed E-state index contributed by atoms with van der Waals surface area (Å²) in [5.41, 5.74) is 0.947. The van der Waals surface area contributed by atoms with Crippen molar-refractivity contribution in [1.82, 2.24) is 19.7 Å². The molecular formula is C15H19N5O.